The number of benzene rings is 1. The van der Waals surface area contributed by atoms with Gasteiger partial charge in [-0.2, -0.15) is 0 Å². The summed E-state index contributed by atoms with van der Waals surface area (Å²) in [7, 11) is -4.70. The molecule has 0 saturated heterocycles. The Kier molecular flexibility index (Phi) is 15.8. The molecule has 0 heterocycles. The van der Waals surface area contributed by atoms with E-state index in [2.05, 4.69) is 11.1 Å². The second-order valence-corrected chi connectivity index (χ2v) is 6.96. The van der Waals surface area contributed by atoms with E-state index in [0.29, 0.717) is 19.6 Å². The van der Waals surface area contributed by atoms with Gasteiger partial charge in [-0.3, -0.25) is 4.18 Å². The summed E-state index contributed by atoms with van der Waals surface area (Å²) in [5, 5.41) is 0. The van der Waals surface area contributed by atoms with Crippen LogP contribution in [0.15, 0.2) is 30.3 Å². The topological polar surface area (TPSA) is 84.9 Å². The van der Waals surface area contributed by atoms with Gasteiger partial charge in [0.2, 0.25) is 10.4 Å². The fourth-order valence-electron chi connectivity index (χ4n) is 2.42. The number of rotatable bonds is 15. The first kappa shape index (κ1) is 25.9. The molecule has 0 N–H and O–H groups in total. The zero-order valence-electron chi connectivity index (χ0n) is 15.9. The van der Waals surface area contributed by atoms with Crippen LogP contribution in [-0.4, -0.2) is 38.9 Å². The Morgan fingerprint density at radius 2 is 1.65 bits per heavy atom. The van der Waals surface area contributed by atoms with Crippen LogP contribution in [0.3, 0.4) is 0 Å². The predicted molar refractivity (Wildman–Crippen MR) is 95.3 cm³/mol. The minimum atomic E-state index is -4.70. The molecule has 1 aromatic rings. The van der Waals surface area contributed by atoms with Gasteiger partial charge in [0.25, 0.3) is 0 Å². The summed E-state index contributed by atoms with van der Waals surface area (Å²) in [5.41, 5.74) is 0. The summed E-state index contributed by atoms with van der Waals surface area (Å²) >= 11 is 0. The normalized spacial score (nSPS) is 12.4. The molecule has 1 atom stereocenters. The van der Waals surface area contributed by atoms with E-state index in [1.165, 1.54) is 19.3 Å². The van der Waals surface area contributed by atoms with E-state index in [0.717, 1.165) is 25.0 Å². The minimum absolute atomic E-state index is 0. The molecule has 0 bridgehead atoms. The number of ether oxygens (including phenoxy) is 2. The summed E-state index contributed by atoms with van der Waals surface area (Å²) in [6, 6.07) is 9.36. The fourth-order valence-corrected chi connectivity index (χ4v) is 2.74. The number of unbranched alkanes of at least 4 members (excludes halogenated alkanes) is 5. The first-order valence-corrected chi connectivity index (χ1v) is 10.2. The van der Waals surface area contributed by atoms with Crippen molar-refractivity contribution < 1.29 is 56.2 Å². The molecule has 0 radical (unpaired) electrons. The Morgan fingerprint density at radius 3 is 2.31 bits per heavy atom. The maximum atomic E-state index is 10.6. The molecule has 1 unspecified atom stereocenters. The zero-order chi connectivity index (χ0) is 18.4. The van der Waals surface area contributed by atoms with Crippen LogP contribution in [0.4, 0.5) is 0 Å². The summed E-state index contributed by atoms with van der Waals surface area (Å²) in [6.45, 7) is 2.58. The molecule has 8 heteroatoms. The molecule has 0 saturated carbocycles. The third-order valence-electron chi connectivity index (χ3n) is 3.73. The second-order valence-electron chi connectivity index (χ2n) is 5.90. The van der Waals surface area contributed by atoms with Crippen molar-refractivity contribution in [3.8, 4) is 5.75 Å². The molecule has 1 rings (SSSR count). The van der Waals surface area contributed by atoms with Crippen LogP contribution in [0.25, 0.3) is 0 Å². The Morgan fingerprint density at radius 1 is 1.00 bits per heavy atom. The van der Waals surface area contributed by atoms with Gasteiger partial charge in [-0.25, -0.2) is 8.42 Å². The molecule has 0 aliphatic carbocycles. The van der Waals surface area contributed by atoms with E-state index in [1.54, 1.807) is 0 Å². The third kappa shape index (κ3) is 15.0. The van der Waals surface area contributed by atoms with E-state index < -0.39 is 16.5 Å². The van der Waals surface area contributed by atoms with E-state index in [1.807, 2.05) is 30.3 Å². The molecular formula is C18H29NaO6S. The van der Waals surface area contributed by atoms with Gasteiger partial charge in [0, 0.05) is 0 Å². The van der Waals surface area contributed by atoms with Crippen molar-refractivity contribution in [2.24, 2.45) is 0 Å². The number of para-hydroxylation sites is 1. The fraction of sp³-hybridized carbons (Fsp3) is 0.667. The van der Waals surface area contributed by atoms with Crippen LogP contribution < -0.4 is 34.3 Å². The van der Waals surface area contributed by atoms with E-state index in [4.69, 9.17) is 9.47 Å². The monoisotopic (exact) mass is 396 g/mol. The SMILES string of the molecule is CCCCCCCCC(COS(=O)(=O)[O-])OCCOc1ccccc1.[Na+]. The third-order valence-corrected chi connectivity index (χ3v) is 4.15. The van der Waals surface area contributed by atoms with Crippen molar-refractivity contribution in [3.05, 3.63) is 30.3 Å². The summed E-state index contributed by atoms with van der Waals surface area (Å²) in [6.07, 6.45) is 7.00. The van der Waals surface area contributed by atoms with Crippen molar-refractivity contribution in [1.82, 2.24) is 0 Å². The standard InChI is InChI=1S/C18H30O6S.Na/c1-2-3-4-5-6-8-13-18(16-24-25(19,20)21)23-15-14-22-17-11-9-7-10-12-17;/h7,9-12,18H,2-6,8,13-16H2,1H3,(H,19,20,21);/q;+1/p-1. The Balaban J connectivity index is 0.00000625. The van der Waals surface area contributed by atoms with Gasteiger partial charge in [0.15, 0.2) is 0 Å². The van der Waals surface area contributed by atoms with E-state index in [9.17, 15) is 13.0 Å². The van der Waals surface area contributed by atoms with Crippen LogP contribution in [0, 0.1) is 0 Å². The quantitative estimate of drug-likeness (QED) is 0.188. The number of hydrogen-bond donors (Lipinski definition) is 0. The minimum Gasteiger partial charge on any atom is -0.726 e. The van der Waals surface area contributed by atoms with Gasteiger partial charge in [0.1, 0.15) is 12.4 Å². The molecule has 26 heavy (non-hydrogen) atoms. The summed E-state index contributed by atoms with van der Waals surface area (Å²) < 4.78 is 47.4. The van der Waals surface area contributed by atoms with Crippen molar-refractivity contribution in [2.75, 3.05) is 19.8 Å². The van der Waals surface area contributed by atoms with Crippen molar-refractivity contribution in [1.29, 1.82) is 0 Å². The molecule has 0 aromatic heterocycles. The molecule has 0 aliphatic heterocycles. The van der Waals surface area contributed by atoms with Crippen molar-refractivity contribution in [2.45, 2.75) is 58.0 Å². The molecule has 1 aromatic carbocycles. The maximum absolute atomic E-state index is 10.6. The van der Waals surface area contributed by atoms with Crippen LogP contribution in [0.1, 0.15) is 51.9 Å². The molecule has 144 valence electrons. The molecule has 0 spiro atoms. The van der Waals surface area contributed by atoms with Crippen LogP contribution in [0.2, 0.25) is 0 Å². The van der Waals surface area contributed by atoms with E-state index in [-0.39, 0.29) is 36.2 Å². The maximum Gasteiger partial charge on any atom is 1.00 e. The van der Waals surface area contributed by atoms with Crippen LogP contribution in [-0.2, 0) is 19.3 Å². The summed E-state index contributed by atoms with van der Waals surface area (Å²) in [5.74, 6) is 0.747. The Hall–Kier alpha value is -0.150. The first-order chi connectivity index (χ1) is 12.0. The molecule has 0 amide bonds. The molecule has 6 nitrogen and oxygen atoms in total. The Bertz CT molecular complexity index is 538. The smallest absolute Gasteiger partial charge is 0.726 e. The largest absolute Gasteiger partial charge is 1.00 e. The molecule has 0 aliphatic rings. The summed E-state index contributed by atoms with van der Waals surface area (Å²) in [4.78, 5) is 0. The zero-order valence-corrected chi connectivity index (χ0v) is 18.7. The van der Waals surface area contributed by atoms with Crippen molar-refractivity contribution >= 4 is 10.4 Å². The van der Waals surface area contributed by atoms with Gasteiger partial charge in [0.05, 0.1) is 19.3 Å². The van der Waals surface area contributed by atoms with Gasteiger partial charge in [-0.1, -0.05) is 63.6 Å². The van der Waals surface area contributed by atoms with Crippen LogP contribution in [0.5, 0.6) is 5.75 Å². The second kappa shape index (κ2) is 15.9. The van der Waals surface area contributed by atoms with Gasteiger partial charge in [-0.05, 0) is 18.6 Å². The van der Waals surface area contributed by atoms with Crippen molar-refractivity contribution in [3.63, 3.8) is 0 Å². The molecule has 0 fully saturated rings. The van der Waals surface area contributed by atoms with Crippen LogP contribution >= 0.6 is 0 Å². The number of hydrogen-bond acceptors (Lipinski definition) is 6. The van der Waals surface area contributed by atoms with Gasteiger partial charge < -0.3 is 14.0 Å². The molecular weight excluding hydrogens is 367 g/mol. The van der Waals surface area contributed by atoms with Gasteiger partial charge >= 0.3 is 29.6 Å². The average Bonchev–Trinajstić information content (AvgIpc) is 2.59. The predicted octanol–water partition coefficient (Wildman–Crippen LogP) is 0.682. The van der Waals surface area contributed by atoms with E-state index >= 15 is 0 Å². The Labute approximate surface area is 179 Å². The first-order valence-electron chi connectivity index (χ1n) is 8.91. The van der Waals surface area contributed by atoms with Gasteiger partial charge in [-0.15, -0.1) is 0 Å². The average molecular weight is 396 g/mol.